The van der Waals surface area contributed by atoms with Gasteiger partial charge in [0.25, 0.3) is 0 Å². The van der Waals surface area contributed by atoms with Crippen LogP contribution < -0.4 is 5.73 Å². The van der Waals surface area contributed by atoms with Crippen molar-refractivity contribution in [3.63, 3.8) is 0 Å². The Kier molecular flexibility index (Phi) is 5.02. The number of carbonyl (C=O) groups is 2. The van der Waals surface area contributed by atoms with Gasteiger partial charge in [-0.05, 0) is 44.2 Å². The van der Waals surface area contributed by atoms with Gasteiger partial charge in [0, 0.05) is 19.0 Å². The number of rotatable bonds is 3. The summed E-state index contributed by atoms with van der Waals surface area (Å²) in [7, 11) is 0. The summed E-state index contributed by atoms with van der Waals surface area (Å²) in [4.78, 5) is 27.7. The minimum atomic E-state index is -0.199. The van der Waals surface area contributed by atoms with Crippen molar-refractivity contribution in [2.24, 2.45) is 23.5 Å². The van der Waals surface area contributed by atoms with Crippen molar-refractivity contribution in [1.29, 1.82) is 0 Å². The van der Waals surface area contributed by atoms with E-state index in [4.69, 9.17) is 5.73 Å². The maximum absolute atomic E-state index is 12.4. The Balaban J connectivity index is 1.79. The number of piperidine rings is 2. The minimum Gasteiger partial charge on any atom is -0.369 e. The van der Waals surface area contributed by atoms with Gasteiger partial charge in [-0.2, -0.15) is 0 Å². The van der Waals surface area contributed by atoms with Gasteiger partial charge in [0.05, 0.1) is 6.54 Å². The molecule has 2 aliphatic rings. The largest absolute Gasteiger partial charge is 0.369 e. The zero-order chi connectivity index (χ0) is 14.7. The summed E-state index contributed by atoms with van der Waals surface area (Å²) in [6, 6.07) is 0. The Morgan fingerprint density at radius 1 is 1.10 bits per heavy atom. The van der Waals surface area contributed by atoms with Gasteiger partial charge in [0.1, 0.15) is 0 Å². The lowest BCUT2D eigenvalue weighted by atomic mass is 9.92. The van der Waals surface area contributed by atoms with Crippen LogP contribution in [0.2, 0.25) is 0 Å². The molecule has 0 bridgehead atoms. The van der Waals surface area contributed by atoms with Gasteiger partial charge in [-0.1, -0.05) is 13.8 Å². The number of hydrogen-bond acceptors (Lipinski definition) is 3. The summed E-state index contributed by atoms with van der Waals surface area (Å²) < 4.78 is 0. The number of amides is 2. The molecule has 20 heavy (non-hydrogen) atoms. The van der Waals surface area contributed by atoms with Crippen LogP contribution in [-0.4, -0.2) is 54.3 Å². The van der Waals surface area contributed by atoms with Gasteiger partial charge >= 0.3 is 0 Å². The minimum absolute atomic E-state index is 0.00335. The predicted octanol–water partition coefficient (Wildman–Crippen LogP) is 0.688. The van der Waals surface area contributed by atoms with Gasteiger partial charge < -0.3 is 10.6 Å². The summed E-state index contributed by atoms with van der Waals surface area (Å²) in [5, 5.41) is 0. The molecule has 0 aromatic rings. The molecule has 2 amide bonds. The van der Waals surface area contributed by atoms with E-state index in [0.717, 1.165) is 39.0 Å². The van der Waals surface area contributed by atoms with E-state index in [0.29, 0.717) is 18.4 Å². The van der Waals surface area contributed by atoms with Crippen LogP contribution in [-0.2, 0) is 9.59 Å². The van der Waals surface area contributed by atoms with E-state index in [2.05, 4.69) is 18.7 Å². The summed E-state index contributed by atoms with van der Waals surface area (Å²) in [5.41, 5.74) is 5.33. The molecule has 2 atom stereocenters. The molecule has 0 aliphatic carbocycles. The highest BCUT2D eigenvalue weighted by Gasteiger charge is 2.28. The molecule has 0 saturated carbocycles. The zero-order valence-electron chi connectivity index (χ0n) is 12.7. The number of primary amides is 1. The summed E-state index contributed by atoms with van der Waals surface area (Å²) in [6.07, 6.45) is 2.79. The van der Waals surface area contributed by atoms with E-state index in [-0.39, 0.29) is 17.7 Å². The fourth-order valence-corrected chi connectivity index (χ4v) is 3.53. The quantitative estimate of drug-likeness (QED) is 0.827. The molecule has 0 aromatic heterocycles. The Morgan fingerprint density at radius 2 is 1.65 bits per heavy atom. The van der Waals surface area contributed by atoms with Crippen LogP contribution in [0.1, 0.15) is 33.1 Å². The smallest absolute Gasteiger partial charge is 0.236 e. The van der Waals surface area contributed by atoms with Crippen molar-refractivity contribution in [3.05, 3.63) is 0 Å². The van der Waals surface area contributed by atoms with Crippen LogP contribution in [0.3, 0.4) is 0 Å². The molecule has 2 N–H and O–H groups in total. The van der Waals surface area contributed by atoms with Gasteiger partial charge in [0.15, 0.2) is 0 Å². The number of carbonyl (C=O) groups excluding carboxylic acids is 2. The molecule has 2 saturated heterocycles. The zero-order valence-corrected chi connectivity index (χ0v) is 12.7. The van der Waals surface area contributed by atoms with Gasteiger partial charge in [-0.3, -0.25) is 14.5 Å². The molecule has 2 aliphatic heterocycles. The first-order valence-corrected chi connectivity index (χ1v) is 7.75. The molecule has 0 unspecified atom stereocenters. The Labute approximate surface area is 121 Å². The topological polar surface area (TPSA) is 66.6 Å². The van der Waals surface area contributed by atoms with Crippen molar-refractivity contribution in [2.45, 2.75) is 33.1 Å². The van der Waals surface area contributed by atoms with E-state index in [9.17, 15) is 9.59 Å². The molecule has 0 radical (unpaired) electrons. The summed E-state index contributed by atoms with van der Waals surface area (Å²) in [5.74, 6) is 1.23. The lowest BCUT2D eigenvalue weighted by Crippen LogP contribution is -2.48. The van der Waals surface area contributed by atoms with E-state index in [1.165, 1.54) is 6.42 Å². The Morgan fingerprint density at radius 3 is 2.15 bits per heavy atom. The average molecular weight is 281 g/mol. The van der Waals surface area contributed by atoms with Crippen LogP contribution in [0, 0.1) is 17.8 Å². The third kappa shape index (κ3) is 3.95. The molecular weight excluding hydrogens is 254 g/mol. The van der Waals surface area contributed by atoms with Crippen LogP contribution in [0.15, 0.2) is 0 Å². The number of hydrogen-bond donors (Lipinski definition) is 1. The van der Waals surface area contributed by atoms with E-state index in [1.807, 2.05) is 4.90 Å². The fourth-order valence-electron chi connectivity index (χ4n) is 3.53. The predicted molar refractivity (Wildman–Crippen MR) is 77.9 cm³/mol. The number of nitrogens with zero attached hydrogens (tertiary/aromatic N) is 2. The van der Waals surface area contributed by atoms with E-state index >= 15 is 0 Å². The van der Waals surface area contributed by atoms with Crippen molar-refractivity contribution in [1.82, 2.24) is 9.80 Å². The highest BCUT2D eigenvalue weighted by Crippen LogP contribution is 2.22. The van der Waals surface area contributed by atoms with Crippen LogP contribution in [0.4, 0.5) is 0 Å². The number of nitrogens with two attached hydrogens (primary N) is 1. The van der Waals surface area contributed by atoms with Crippen LogP contribution in [0.5, 0.6) is 0 Å². The standard InChI is InChI=1S/C15H27N3O2/c1-11-7-12(2)9-18(8-11)14(19)10-17-5-3-13(4-6-17)15(16)20/h11-13H,3-10H2,1-2H3,(H2,16,20)/t11-,12-/m1/s1. The molecule has 5 nitrogen and oxygen atoms in total. The third-order valence-corrected chi connectivity index (χ3v) is 4.57. The highest BCUT2D eigenvalue weighted by molar-refractivity contribution is 5.79. The van der Waals surface area contributed by atoms with Crippen molar-refractivity contribution in [3.8, 4) is 0 Å². The Bertz CT molecular complexity index is 354. The maximum Gasteiger partial charge on any atom is 0.236 e. The van der Waals surface area contributed by atoms with Crippen molar-refractivity contribution < 1.29 is 9.59 Å². The first kappa shape index (κ1) is 15.3. The SMILES string of the molecule is C[C@@H]1C[C@@H](C)CN(C(=O)CN2CCC(C(N)=O)CC2)C1. The van der Waals surface area contributed by atoms with Gasteiger partial charge in [0.2, 0.25) is 11.8 Å². The molecule has 0 aromatic carbocycles. The monoisotopic (exact) mass is 281 g/mol. The average Bonchev–Trinajstić information content (AvgIpc) is 2.38. The summed E-state index contributed by atoms with van der Waals surface area (Å²) >= 11 is 0. The normalized spacial score (nSPS) is 29.4. The maximum atomic E-state index is 12.4. The third-order valence-electron chi connectivity index (χ3n) is 4.57. The van der Waals surface area contributed by atoms with Crippen LogP contribution in [0.25, 0.3) is 0 Å². The van der Waals surface area contributed by atoms with Crippen molar-refractivity contribution in [2.75, 3.05) is 32.7 Å². The molecule has 0 spiro atoms. The fraction of sp³-hybridized carbons (Fsp3) is 0.867. The second kappa shape index (κ2) is 6.57. The Hall–Kier alpha value is -1.10. The van der Waals surface area contributed by atoms with Gasteiger partial charge in [-0.15, -0.1) is 0 Å². The van der Waals surface area contributed by atoms with E-state index < -0.39 is 0 Å². The first-order valence-electron chi connectivity index (χ1n) is 7.75. The molecule has 2 rings (SSSR count). The lowest BCUT2D eigenvalue weighted by Gasteiger charge is -2.37. The lowest BCUT2D eigenvalue weighted by molar-refractivity contribution is -0.135. The second-order valence-electron chi connectivity index (χ2n) is 6.70. The van der Waals surface area contributed by atoms with Gasteiger partial charge in [-0.25, -0.2) is 0 Å². The first-order chi connectivity index (χ1) is 9.45. The molecular formula is C15H27N3O2. The summed E-state index contributed by atoms with van der Waals surface area (Å²) in [6.45, 7) is 8.31. The molecule has 2 heterocycles. The van der Waals surface area contributed by atoms with Crippen LogP contribution >= 0.6 is 0 Å². The molecule has 5 heteroatoms. The highest BCUT2D eigenvalue weighted by atomic mass is 16.2. The molecule has 114 valence electrons. The number of likely N-dealkylation sites (tertiary alicyclic amines) is 2. The molecule has 2 fully saturated rings. The van der Waals surface area contributed by atoms with E-state index in [1.54, 1.807) is 0 Å². The van der Waals surface area contributed by atoms with Crippen molar-refractivity contribution >= 4 is 11.8 Å². The second-order valence-corrected chi connectivity index (χ2v) is 6.70.